The summed E-state index contributed by atoms with van der Waals surface area (Å²) in [5, 5.41) is 9.45. The standard InChI is InChI=1S/C5H3N5/c1-2-3-4(9-10-8-3)5(6-1)7-2/h1,9-10H. The quantitative estimate of drug-likeness (QED) is 0.463. The lowest BCUT2D eigenvalue weighted by Gasteiger charge is -1.88. The molecule has 0 radical (unpaired) electrons. The first-order valence-electron chi connectivity index (χ1n) is 2.91. The van der Waals surface area contributed by atoms with Gasteiger partial charge in [0, 0.05) is 0 Å². The van der Waals surface area contributed by atoms with Gasteiger partial charge in [0.25, 0.3) is 0 Å². The number of aromatic amines is 2. The van der Waals surface area contributed by atoms with Crippen molar-refractivity contribution < 1.29 is 0 Å². The van der Waals surface area contributed by atoms with E-state index in [1.54, 1.807) is 6.21 Å². The van der Waals surface area contributed by atoms with E-state index in [0.29, 0.717) is 0 Å². The Morgan fingerprint density at radius 3 is 3.30 bits per heavy atom. The summed E-state index contributed by atoms with van der Waals surface area (Å²) in [7, 11) is 0. The minimum absolute atomic E-state index is 0.735. The fourth-order valence-corrected chi connectivity index (χ4v) is 1.13. The molecule has 2 bridgehead atoms. The van der Waals surface area contributed by atoms with Crippen LogP contribution in [-0.4, -0.2) is 26.6 Å². The maximum atomic E-state index is 4.13. The van der Waals surface area contributed by atoms with Crippen LogP contribution in [0.4, 0.5) is 5.82 Å². The van der Waals surface area contributed by atoms with Crippen LogP contribution in [0.1, 0.15) is 5.69 Å². The van der Waals surface area contributed by atoms with E-state index in [1.807, 2.05) is 0 Å². The molecule has 2 N–H and O–H groups in total. The van der Waals surface area contributed by atoms with Crippen molar-refractivity contribution in [2.24, 2.45) is 4.99 Å². The number of aliphatic imine (C=N–C) groups is 1. The second-order valence-corrected chi connectivity index (χ2v) is 2.15. The van der Waals surface area contributed by atoms with Crippen LogP contribution in [0.2, 0.25) is 0 Å². The van der Waals surface area contributed by atoms with Gasteiger partial charge in [-0.05, 0) is 0 Å². The molecule has 0 saturated heterocycles. The monoisotopic (exact) mass is 133 g/mol. The summed E-state index contributed by atoms with van der Waals surface area (Å²) in [5.74, 6) is 0.735. The van der Waals surface area contributed by atoms with E-state index in [-0.39, 0.29) is 0 Å². The summed E-state index contributed by atoms with van der Waals surface area (Å²) in [6.45, 7) is 0. The van der Waals surface area contributed by atoms with Gasteiger partial charge in [0.05, 0.1) is 6.21 Å². The molecule has 48 valence electrons. The number of fused-ring (bicyclic) bond motifs is 5. The highest BCUT2D eigenvalue weighted by atomic mass is 15.4. The van der Waals surface area contributed by atoms with Gasteiger partial charge in [-0.1, -0.05) is 0 Å². The van der Waals surface area contributed by atoms with Gasteiger partial charge in [0.15, 0.2) is 5.82 Å². The van der Waals surface area contributed by atoms with Crippen LogP contribution >= 0.6 is 0 Å². The second kappa shape index (κ2) is 1.11. The number of rotatable bonds is 0. The molecule has 10 heavy (non-hydrogen) atoms. The molecule has 0 fully saturated rings. The number of nitrogens with one attached hydrogen (secondary N) is 2. The molecule has 0 spiro atoms. The zero-order chi connectivity index (χ0) is 6.55. The molecule has 0 amide bonds. The van der Waals surface area contributed by atoms with Crippen LogP contribution in [0.25, 0.3) is 11.4 Å². The molecular weight excluding hydrogens is 130 g/mol. The molecule has 3 aliphatic heterocycles. The minimum atomic E-state index is 0.735. The summed E-state index contributed by atoms with van der Waals surface area (Å²) >= 11 is 0. The van der Waals surface area contributed by atoms with Gasteiger partial charge in [-0.2, -0.15) is 5.10 Å². The van der Waals surface area contributed by atoms with Crippen molar-refractivity contribution in [1.82, 2.24) is 20.4 Å². The number of hydrogen-bond acceptors (Lipinski definition) is 3. The van der Waals surface area contributed by atoms with Crippen LogP contribution in [0.5, 0.6) is 0 Å². The third-order valence-electron chi connectivity index (χ3n) is 1.59. The van der Waals surface area contributed by atoms with Crippen molar-refractivity contribution in [1.29, 1.82) is 0 Å². The van der Waals surface area contributed by atoms with Crippen LogP contribution in [0, 0.1) is 0 Å². The van der Waals surface area contributed by atoms with Gasteiger partial charge in [-0.15, -0.1) is 0 Å². The van der Waals surface area contributed by atoms with E-state index in [4.69, 9.17) is 0 Å². The zero-order valence-electron chi connectivity index (χ0n) is 4.92. The Labute approximate surface area is 55.5 Å². The molecule has 0 atom stereocenters. The molecule has 0 aliphatic carbocycles. The molecule has 0 aromatic heterocycles. The van der Waals surface area contributed by atoms with Gasteiger partial charge in [-0.3, -0.25) is 5.10 Å². The Bertz CT molecular complexity index is 349. The third-order valence-corrected chi connectivity index (χ3v) is 1.59. The van der Waals surface area contributed by atoms with Crippen molar-refractivity contribution in [3.05, 3.63) is 5.69 Å². The van der Waals surface area contributed by atoms with Crippen molar-refractivity contribution in [3.63, 3.8) is 0 Å². The second-order valence-electron chi connectivity index (χ2n) is 2.15. The van der Waals surface area contributed by atoms with Gasteiger partial charge in [0.1, 0.15) is 17.1 Å². The molecule has 3 heterocycles. The minimum Gasteiger partial charge on any atom is -0.279 e. The van der Waals surface area contributed by atoms with E-state index < -0.39 is 0 Å². The lowest BCUT2D eigenvalue weighted by Crippen LogP contribution is -1.82. The third kappa shape index (κ3) is 0.283. The van der Waals surface area contributed by atoms with E-state index >= 15 is 0 Å². The van der Waals surface area contributed by atoms with Gasteiger partial charge < -0.3 is 0 Å². The first-order valence-corrected chi connectivity index (χ1v) is 2.91. The number of aromatic nitrogens is 4. The average molecular weight is 133 g/mol. The summed E-state index contributed by atoms with van der Waals surface area (Å²) in [5.41, 5.74) is 2.63. The van der Waals surface area contributed by atoms with Gasteiger partial charge in [-0.25, -0.2) is 15.2 Å². The largest absolute Gasteiger partial charge is 0.279 e. The lowest BCUT2D eigenvalue weighted by atomic mass is 10.3. The molecule has 5 nitrogen and oxygen atoms in total. The first kappa shape index (κ1) is 4.21. The summed E-state index contributed by atoms with van der Waals surface area (Å²) < 4.78 is 0. The first-order chi connectivity index (χ1) is 4.95. The number of hydrogen-bond donors (Lipinski definition) is 2. The molecule has 0 saturated carbocycles. The zero-order valence-corrected chi connectivity index (χ0v) is 4.92. The van der Waals surface area contributed by atoms with Crippen molar-refractivity contribution in [2.45, 2.75) is 0 Å². The van der Waals surface area contributed by atoms with E-state index in [1.165, 1.54) is 0 Å². The molecule has 5 heteroatoms. The van der Waals surface area contributed by atoms with Crippen molar-refractivity contribution in [2.75, 3.05) is 0 Å². The molecule has 0 unspecified atom stereocenters. The maximum absolute atomic E-state index is 4.13. The Morgan fingerprint density at radius 1 is 1.40 bits per heavy atom. The summed E-state index contributed by atoms with van der Waals surface area (Å²) in [4.78, 5) is 8.14. The normalized spacial score (nSPS) is 13.6. The fraction of sp³-hybridized carbons (Fsp3) is 0. The Morgan fingerprint density at radius 2 is 2.40 bits per heavy atom. The molecule has 3 aliphatic rings. The Hall–Kier alpha value is -1.65. The highest BCUT2D eigenvalue weighted by Crippen LogP contribution is 2.33. The van der Waals surface area contributed by atoms with Crippen LogP contribution < -0.4 is 0 Å². The molecule has 0 aromatic rings. The maximum Gasteiger partial charge on any atom is 0.180 e. The summed E-state index contributed by atoms with van der Waals surface area (Å²) in [6, 6.07) is 0. The van der Waals surface area contributed by atoms with Crippen LogP contribution in [0.3, 0.4) is 0 Å². The highest BCUT2D eigenvalue weighted by molar-refractivity contribution is 5.97. The van der Waals surface area contributed by atoms with E-state index in [9.17, 15) is 0 Å². The Balaban J connectivity index is 2.60. The molecule has 0 aromatic carbocycles. The van der Waals surface area contributed by atoms with Gasteiger partial charge >= 0.3 is 0 Å². The molecular formula is C5H3N5. The van der Waals surface area contributed by atoms with E-state index in [2.05, 4.69) is 25.4 Å². The topological polar surface area (TPSA) is 69.7 Å². The predicted molar refractivity (Wildman–Crippen MR) is 34.6 cm³/mol. The summed E-state index contributed by atoms with van der Waals surface area (Å²) in [6.07, 6.45) is 1.71. The lowest BCUT2D eigenvalue weighted by molar-refractivity contribution is 0.948. The van der Waals surface area contributed by atoms with Gasteiger partial charge in [0.2, 0.25) is 0 Å². The van der Waals surface area contributed by atoms with Crippen molar-refractivity contribution in [3.8, 4) is 11.4 Å². The smallest absolute Gasteiger partial charge is 0.180 e. The van der Waals surface area contributed by atoms with E-state index in [0.717, 1.165) is 22.9 Å². The number of H-pyrrole nitrogens is 2. The van der Waals surface area contributed by atoms with Crippen LogP contribution in [0.15, 0.2) is 4.99 Å². The average Bonchev–Trinajstić information content (AvgIpc) is 2.60. The fourth-order valence-electron chi connectivity index (χ4n) is 1.13. The predicted octanol–water partition coefficient (Wildman–Crippen LogP) is 0.302. The van der Waals surface area contributed by atoms with Crippen LogP contribution in [-0.2, 0) is 0 Å². The van der Waals surface area contributed by atoms with Crippen molar-refractivity contribution >= 4 is 12.0 Å². The highest BCUT2D eigenvalue weighted by Gasteiger charge is 2.23. The number of nitrogens with zero attached hydrogens (tertiary/aromatic N) is 3. The molecule has 3 rings (SSSR count). The Kier molecular flexibility index (Phi) is 0.467. The SMILES string of the molecule is C1=Nc2nc1c1n[nH][nH]c2-1.